The fourth-order valence-corrected chi connectivity index (χ4v) is 4.56. The highest BCUT2D eigenvalue weighted by atomic mass is 16.2. The van der Waals surface area contributed by atoms with Crippen LogP contribution in [0, 0.1) is 0 Å². The largest absolute Gasteiger partial charge is 0.338 e. The number of aromatic nitrogens is 2. The second-order valence-electron chi connectivity index (χ2n) is 7.82. The topological polar surface area (TPSA) is 58.4 Å². The van der Waals surface area contributed by atoms with Gasteiger partial charge in [0.05, 0.1) is 0 Å². The Kier molecular flexibility index (Phi) is 4.01. The van der Waals surface area contributed by atoms with Gasteiger partial charge < -0.3 is 14.4 Å². The monoisotopic (exact) mass is 354 g/mol. The lowest BCUT2D eigenvalue weighted by Crippen LogP contribution is -2.62. The van der Waals surface area contributed by atoms with Gasteiger partial charge in [-0.25, -0.2) is 4.98 Å². The second-order valence-corrected chi connectivity index (χ2v) is 7.82. The molecule has 1 spiro atoms. The van der Waals surface area contributed by atoms with E-state index in [1.165, 1.54) is 0 Å². The van der Waals surface area contributed by atoms with Crippen molar-refractivity contribution in [2.24, 2.45) is 7.05 Å². The highest BCUT2D eigenvalue weighted by Gasteiger charge is 2.53. The minimum atomic E-state index is -0.676. The lowest BCUT2D eigenvalue weighted by atomic mass is 9.84. The van der Waals surface area contributed by atoms with Crippen molar-refractivity contribution in [3.05, 3.63) is 30.1 Å². The van der Waals surface area contributed by atoms with Gasteiger partial charge in [0, 0.05) is 37.8 Å². The van der Waals surface area contributed by atoms with Crippen LogP contribution in [0.15, 0.2) is 24.4 Å². The summed E-state index contributed by atoms with van der Waals surface area (Å²) in [5.74, 6) is -0.00546. The Balaban J connectivity index is 1.70. The van der Waals surface area contributed by atoms with Gasteiger partial charge in [0.2, 0.25) is 5.91 Å². The predicted molar refractivity (Wildman–Crippen MR) is 99.8 cm³/mol. The van der Waals surface area contributed by atoms with E-state index >= 15 is 0 Å². The molecule has 1 unspecified atom stereocenters. The normalized spacial score (nSPS) is 23.6. The van der Waals surface area contributed by atoms with Crippen LogP contribution in [0.3, 0.4) is 0 Å². The number of rotatable bonds is 2. The van der Waals surface area contributed by atoms with Crippen LogP contribution in [0.25, 0.3) is 11.0 Å². The van der Waals surface area contributed by atoms with E-state index in [0.29, 0.717) is 12.2 Å². The molecule has 0 bridgehead atoms. The predicted octanol–water partition coefficient (Wildman–Crippen LogP) is 2.58. The van der Waals surface area contributed by atoms with Gasteiger partial charge in [-0.1, -0.05) is 0 Å². The Morgan fingerprint density at radius 1 is 1.15 bits per heavy atom. The van der Waals surface area contributed by atoms with Crippen LogP contribution in [0.4, 0.5) is 0 Å². The molecule has 4 heterocycles. The van der Waals surface area contributed by atoms with Crippen LogP contribution < -0.4 is 0 Å². The molecule has 0 saturated carbocycles. The van der Waals surface area contributed by atoms with Gasteiger partial charge in [0.15, 0.2) is 0 Å². The molecular formula is C20H26N4O2. The summed E-state index contributed by atoms with van der Waals surface area (Å²) >= 11 is 0. The SMILES string of the molecule is CC(C)N1CCCC2(CCCN2C(=O)c2ccc3ccn(C)c3n2)C1=O. The van der Waals surface area contributed by atoms with Crippen LogP contribution in [0.5, 0.6) is 0 Å². The first-order chi connectivity index (χ1) is 12.4. The average molecular weight is 354 g/mol. The Morgan fingerprint density at radius 3 is 2.62 bits per heavy atom. The number of hydrogen-bond acceptors (Lipinski definition) is 3. The quantitative estimate of drug-likeness (QED) is 0.833. The molecule has 4 rings (SSSR count). The van der Waals surface area contributed by atoms with E-state index in [-0.39, 0.29) is 17.9 Å². The van der Waals surface area contributed by atoms with Crippen molar-refractivity contribution in [3.63, 3.8) is 0 Å². The van der Waals surface area contributed by atoms with Gasteiger partial charge in [-0.15, -0.1) is 0 Å². The second kappa shape index (κ2) is 6.11. The summed E-state index contributed by atoms with van der Waals surface area (Å²) in [5, 5.41) is 1.01. The third-order valence-electron chi connectivity index (χ3n) is 5.94. The Hall–Kier alpha value is -2.37. The molecule has 6 heteroatoms. The van der Waals surface area contributed by atoms with Crippen molar-refractivity contribution in [2.75, 3.05) is 13.1 Å². The standard InChI is InChI=1S/C20H26N4O2/c1-14(2)23-11-4-9-20(19(23)26)10-5-12-24(20)18(25)16-7-6-15-8-13-22(3)17(15)21-16/h6-8,13-14H,4-5,9-12H2,1-3H3. The van der Waals surface area contributed by atoms with Crippen molar-refractivity contribution in [1.82, 2.24) is 19.4 Å². The molecule has 0 N–H and O–H groups in total. The van der Waals surface area contributed by atoms with Gasteiger partial charge in [-0.05, 0) is 57.7 Å². The summed E-state index contributed by atoms with van der Waals surface area (Å²) in [4.78, 5) is 34.9. The van der Waals surface area contributed by atoms with E-state index < -0.39 is 5.54 Å². The summed E-state index contributed by atoms with van der Waals surface area (Å²) < 4.78 is 1.91. The number of hydrogen-bond donors (Lipinski definition) is 0. The number of pyridine rings is 1. The van der Waals surface area contributed by atoms with E-state index in [0.717, 1.165) is 43.3 Å². The molecular weight excluding hydrogens is 328 g/mol. The Bertz CT molecular complexity index is 872. The summed E-state index contributed by atoms with van der Waals surface area (Å²) in [5.41, 5.74) is 0.544. The zero-order valence-corrected chi connectivity index (χ0v) is 15.7. The lowest BCUT2D eigenvalue weighted by molar-refractivity contribution is -0.147. The number of fused-ring (bicyclic) bond motifs is 1. The van der Waals surface area contributed by atoms with Crippen molar-refractivity contribution >= 4 is 22.8 Å². The first-order valence-electron chi connectivity index (χ1n) is 9.49. The molecule has 2 saturated heterocycles. The lowest BCUT2D eigenvalue weighted by Gasteiger charge is -2.45. The van der Waals surface area contributed by atoms with E-state index in [4.69, 9.17) is 0 Å². The highest BCUT2D eigenvalue weighted by molar-refractivity contribution is 6.00. The number of nitrogens with zero attached hydrogens (tertiary/aromatic N) is 4. The third-order valence-corrected chi connectivity index (χ3v) is 5.94. The molecule has 1 atom stereocenters. The van der Waals surface area contributed by atoms with E-state index in [1.807, 2.05) is 48.7 Å². The Labute approximate surface area is 153 Å². The molecule has 2 fully saturated rings. The van der Waals surface area contributed by atoms with Crippen LogP contribution in [-0.4, -0.2) is 55.8 Å². The van der Waals surface area contributed by atoms with Crippen LogP contribution in [-0.2, 0) is 11.8 Å². The van der Waals surface area contributed by atoms with Crippen molar-refractivity contribution in [1.29, 1.82) is 0 Å². The molecule has 2 aromatic rings. The minimum Gasteiger partial charge on any atom is -0.338 e. The minimum absolute atomic E-state index is 0.115. The maximum Gasteiger partial charge on any atom is 0.273 e. The molecule has 0 aromatic carbocycles. The molecule has 138 valence electrons. The van der Waals surface area contributed by atoms with Gasteiger partial charge in [0.25, 0.3) is 5.91 Å². The smallest absolute Gasteiger partial charge is 0.273 e. The third kappa shape index (κ3) is 2.42. The molecule has 26 heavy (non-hydrogen) atoms. The molecule has 0 radical (unpaired) electrons. The van der Waals surface area contributed by atoms with E-state index in [2.05, 4.69) is 4.98 Å². The molecule has 2 aliphatic heterocycles. The summed E-state index contributed by atoms with van der Waals surface area (Å²) in [7, 11) is 1.92. The summed E-state index contributed by atoms with van der Waals surface area (Å²) in [6.45, 7) is 5.50. The van der Waals surface area contributed by atoms with Crippen LogP contribution in [0.1, 0.15) is 50.0 Å². The number of amides is 2. The van der Waals surface area contributed by atoms with Gasteiger partial charge in [0.1, 0.15) is 16.9 Å². The molecule has 2 aromatic heterocycles. The van der Waals surface area contributed by atoms with Gasteiger partial charge >= 0.3 is 0 Å². The maximum absolute atomic E-state index is 13.3. The number of carbonyl (C=O) groups is 2. The van der Waals surface area contributed by atoms with E-state index in [1.54, 1.807) is 11.0 Å². The number of likely N-dealkylation sites (tertiary alicyclic amines) is 2. The van der Waals surface area contributed by atoms with Crippen molar-refractivity contribution < 1.29 is 9.59 Å². The van der Waals surface area contributed by atoms with Crippen LogP contribution in [0.2, 0.25) is 0 Å². The zero-order chi connectivity index (χ0) is 18.5. The average Bonchev–Trinajstić information content (AvgIpc) is 3.21. The van der Waals surface area contributed by atoms with Crippen molar-refractivity contribution in [2.45, 2.75) is 51.1 Å². The molecule has 2 amide bonds. The summed E-state index contributed by atoms with van der Waals surface area (Å²) in [6.07, 6.45) is 5.27. The summed E-state index contributed by atoms with van der Waals surface area (Å²) in [6, 6.07) is 5.86. The first kappa shape index (κ1) is 17.1. The maximum atomic E-state index is 13.3. The van der Waals surface area contributed by atoms with Crippen LogP contribution >= 0.6 is 0 Å². The number of piperidine rings is 1. The number of carbonyl (C=O) groups excluding carboxylic acids is 2. The Morgan fingerprint density at radius 2 is 1.88 bits per heavy atom. The highest BCUT2D eigenvalue weighted by Crippen LogP contribution is 2.39. The number of aryl methyl sites for hydroxylation is 1. The first-order valence-corrected chi connectivity index (χ1v) is 9.49. The van der Waals surface area contributed by atoms with Crippen molar-refractivity contribution in [3.8, 4) is 0 Å². The molecule has 2 aliphatic rings. The van der Waals surface area contributed by atoms with E-state index in [9.17, 15) is 9.59 Å². The zero-order valence-electron chi connectivity index (χ0n) is 15.7. The fourth-order valence-electron chi connectivity index (χ4n) is 4.56. The molecule has 0 aliphatic carbocycles. The fraction of sp³-hybridized carbons (Fsp3) is 0.550. The molecule has 6 nitrogen and oxygen atoms in total. The van der Waals surface area contributed by atoms with Gasteiger partial charge in [-0.3, -0.25) is 9.59 Å². The van der Waals surface area contributed by atoms with Gasteiger partial charge in [-0.2, -0.15) is 0 Å².